The maximum atomic E-state index is 13.4. The number of hydrogen-bond donors (Lipinski definition) is 2. The fourth-order valence-electron chi connectivity index (χ4n) is 3.99. The molecule has 4 rings (SSSR count). The van der Waals surface area contributed by atoms with Crippen molar-refractivity contribution in [3.05, 3.63) is 53.0 Å². The quantitative estimate of drug-likeness (QED) is 0.587. The zero-order valence-corrected chi connectivity index (χ0v) is 19.6. The Bertz CT molecular complexity index is 1200. The first-order valence-corrected chi connectivity index (χ1v) is 11.1. The summed E-state index contributed by atoms with van der Waals surface area (Å²) >= 11 is 0. The van der Waals surface area contributed by atoms with E-state index in [9.17, 15) is 18.0 Å². The van der Waals surface area contributed by atoms with Crippen LogP contribution in [0, 0.1) is 6.92 Å². The van der Waals surface area contributed by atoms with Crippen molar-refractivity contribution in [1.29, 1.82) is 0 Å². The summed E-state index contributed by atoms with van der Waals surface area (Å²) in [6.07, 6.45) is -2.74. The SMILES string of the molecule is CNc1cc([C@@H](C)Nc2nc(C)cn3nc(C(=O)N4CCN(C)CC4)cc23)cc(C(F)(F)F)c1. The number of nitrogens with one attached hydrogen (secondary N) is 2. The van der Waals surface area contributed by atoms with Gasteiger partial charge in [0, 0.05) is 45.0 Å². The number of alkyl halides is 3. The number of carbonyl (C=O) groups excluding carboxylic acids is 1. The molecule has 1 fully saturated rings. The maximum absolute atomic E-state index is 13.4. The van der Waals surface area contributed by atoms with Crippen molar-refractivity contribution in [3.8, 4) is 0 Å². The molecule has 1 atom stereocenters. The summed E-state index contributed by atoms with van der Waals surface area (Å²) in [7, 11) is 3.60. The van der Waals surface area contributed by atoms with Gasteiger partial charge in [0.05, 0.1) is 23.5 Å². The van der Waals surface area contributed by atoms with Crippen LogP contribution in [0.1, 0.15) is 40.3 Å². The van der Waals surface area contributed by atoms with Gasteiger partial charge in [0.15, 0.2) is 11.5 Å². The van der Waals surface area contributed by atoms with Crippen LogP contribution in [0.25, 0.3) is 5.52 Å². The van der Waals surface area contributed by atoms with Gasteiger partial charge in [-0.05, 0) is 44.7 Å². The zero-order chi connectivity index (χ0) is 24.6. The summed E-state index contributed by atoms with van der Waals surface area (Å²) in [6.45, 7) is 6.42. The summed E-state index contributed by atoms with van der Waals surface area (Å²) < 4.78 is 41.7. The van der Waals surface area contributed by atoms with E-state index in [0.29, 0.717) is 47.1 Å². The Morgan fingerprint density at radius 1 is 1.12 bits per heavy atom. The van der Waals surface area contributed by atoms with E-state index < -0.39 is 17.8 Å². The van der Waals surface area contributed by atoms with Gasteiger partial charge in [0.1, 0.15) is 5.52 Å². The van der Waals surface area contributed by atoms with Crippen LogP contribution in [-0.4, -0.2) is 70.6 Å². The number of halogens is 3. The van der Waals surface area contributed by atoms with Gasteiger partial charge in [-0.1, -0.05) is 0 Å². The third-order valence-electron chi connectivity index (χ3n) is 6.01. The lowest BCUT2D eigenvalue weighted by molar-refractivity contribution is -0.137. The lowest BCUT2D eigenvalue weighted by atomic mass is 10.0. The van der Waals surface area contributed by atoms with Crippen molar-refractivity contribution in [3.63, 3.8) is 0 Å². The van der Waals surface area contributed by atoms with Crippen molar-refractivity contribution in [2.45, 2.75) is 26.1 Å². The minimum Gasteiger partial charge on any atom is -0.388 e. The molecular formula is C23H28F3N7O. The van der Waals surface area contributed by atoms with E-state index in [1.54, 1.807) is 48.6 Å². The average molecular weight is 476 g/mol. The molecule has 2 N–H and O–H groups in total. The second-order valence-electron chi connectivity index (χ2n) is 8.64. The highest BCUT2D eigenvalue weighted by Gasteiger charge is 2.32. The molecule has 0 saturated carbocycles. The summed E-state index contributed by atoms with van der Waals surface area (Å²) in [5, 5.41) is 10.5. The molecule has 182 valence electrons. The van der Waals surface area contributed by atoms with Crippen molar-refractivity contribution < 1.29 is 18.0 Å². The van der Waals surface area contributed by atoms with Gasteiger partial charge in [-0.3, -0.25) is 4.79 Å². The van der Waals surface area contributed by atoms with Crippen LogP contribution < -0.4 is 10.6 Å². The molecule has 3 heterocycles. The molecule has 0 spiro atoms. The molecule has 1 aliphatic heterocycles. The Kier molecular flexibility index (Phi) is 6.39. The van der Waals surface area contributed by atoms with Crippen molar-refractivity contribution >= 4 is 22.9 Å². The standard InChI is InChI=1S/C23H28F3N7O/c1-14-13-33-20(12-19(30-33)22(34)32-7-5-31(4)6-8-32)21(28-14)29-15(2)16-9-17(23(24,25)26)11-18(10-16)27-3/h9-13,15,27H,5-8H2,1-4H3,(H,28,29)/t15-/m1/s1. The van der Waals surface area contributed by atoms with Crippen LogP contribution >= 0.6 is 0 Å². The number of likely N-dealkylation sites (N-methyl/N-ethyl adjacent to an activating group) is 1. The summed E-state index contributed by atoms with van der Waals surface area (Å²) in [5.41, 5.74) is 1.64. The highest BCUT2D eigenvalue weighted by Crippen LogP contribution is 2.34. The first kappa shape index (κ1) is 23.8. The summed E-state index contributed by atoms with van der Waals surface area (Å²) in [4.78, 5) is 21.5. The normalized spacial score (nSPS) is 16.0. The Balaban J connectivity index is 1.64. The van der Waals surface area contributed by atoms with Crippen LogP contribution in [0.4, 0.5) is 24.7 Å². The van der Waals surface area contributed by atoms with Crippen LogP contribution in [0.2, 0.25) is 0 Å². The number of anilines is 2. The fourth-order valence-corrected chi connectivity index (χ4v) is 3.99. The molecule has 0 radical (unpaired) electrons. The summed E-state index contributed by atoms with van der Waals surface area (Å²) in [5.74, 6) is 0.297. The molecule has 8 nitrogen and oxygen atoms in total. The molecular weight excluding hydrogens is 447 g/mol. The molecule has 1 aromatic carbocycles. The number of fused-ring (bicyclic) bond motifs is 1. The monoisotopic (exact) mass is 475 g/mol. The van der Waals surface area contributed by atoms with E-state index in [1.807, 2.05) is 7.05 Å². The van der Waals surface area contributed by atoms with E-state index in [1.165, 1.54) is 0 Å². The van der Waals surface area contributed by atoms with E-state index in [0.717, 1.165) is 25.2 Å². The predicted molar refractivity (Wildman–Crippen MR) is 124 cm³/mol. The molecule has 0 unspecified atom stereocenters. The number of hydrogen-bond acceptors (Lipinski definition) is 6. The predicted octanol–water partition coefficient (Wildman–Crippen LogP) is 3.66. The maximum Gasteiger partial charge on any atom is 0.416 e. The van der Waals surface area contributed by atoms with Crippen molar-refractivity contribution in [1.82, 2.24) is 24.4 Å². The number of rotatable bonds is 5. The van der Waals surface area contributed by atoms with E-state index >= 15 is 0 Å². The first-order chi connectivity index (χ1) is 16.0. The average Bonchev–Trinajstić information content (AvgIpc) is 3.22. The highest BCUT2D eigenvalue weighted by atomic mass is 19.4. The number of amides is 1. The molecule has 0 aliphatic carbocycles. The smallest absolute Gasteiger partial charge is 0.388 e. The third-order valence-corrected chi connectivity index (χ3v) is 6.01. The Hall–Kier alpha value is -3.34. The molecule has 1 aliphatic rings. The second kappa shape index (κ2) is 9.13. The largest absolute Gasteiger partial charge is 0.416 e. The molecule has 34 heavy (non-hydrogen) atoms. The lowest BCUT2D eigenvalue weighted by Crippen LogP contribution is -2.47. The molecule has 0 bridgehead atoms. The highest BCUT2D eigenvalue weighted by molar-refractivity contribution is 5.94. The van der Waals surface area contributed by atoms with Gasteiger partial charge >= 0.3 is 6.18 Å². The Morgan fingerprint density at radius 3 is 2.47 bits per heavy atom. The Morgan fingerprint density at radius 2 is 1.82 bits per heavy atom. The van der Waals surface area contributed by atoms with Crippen molar-refractivity contribution in [2.24, 2.45) is 0 Å². The number of carbonyl (C=O) groups is 1. The van der Waals surface area contributed by atoms with E-state index in [2.05, 4.69) is 25.6 Å². The molecule has 11 heteroatoms. The van der Waals surface area contributed by atoms with E-state index in [-0.39, 0.29) is 5.91 Å². The number of piperazine rings is 1. The number of benzene rings is 1. The minimum absolute atomic E-state index is 0.148. The minimum atomic E-state index is -4.46. The fraction of sp³-hybridized carbons (Fsp3) is 0.435. The van der Waals surface area contributed by atoms with Crippen LogP contribution in [-0.2, 0) is 6.18 Å². The number of aromatic nitrogens is 3. The van der Waals surface area contributed by atoms with Crippen LogP contribution in [0.5, 0.6) is 0 Å². The molecule has 1 saturated heterocycles. The molecule has 1 amide bonds. The van der Waals surface area contributed by atoms with Gasteiger partial charge in [-0.25, -0.2) is 9.50 Å². The lowest BCUT2D eigenvalue weighted by Gasteiger charge is -2.31. The summed E-state index contributed by atoms with van der Waals surface area (Å²) in [6, 6.07) is 5.06. The van der Waals surface area contributed by atoms with Gasteiger partial charge in [-0.15, -0.1) is 0 Å². The van der Waals surface area contributed by atoms with Gasteiger partial charge in [-0.2, -0.15) is 18.3 Å². The van der Waals surface area contributed by atoms with Gasteiger partial charge in [0.2, 0.25) is 0 Å². The van der Waals surface area contributed by atoms with Crippen molar-refractivity contribution in [2.75, 3.05) is 50.9 Å². The first-order valence-electron chi connectivity index (χ1n) is 11.1. The zero-order valence-electron chi connectivity index (χ0n) is 19.6. The van der Waals surface area contributed by atoms with E-state index in [4.69, 9.17) is 0 Å². The van der Waals surface area contributed by atoms with Gasteiger partial charge < -0.3 is 20.4 Å². The van der Waals surface area contributed by atoms with Crippen LogP contribution in [0.15, 0.2) is 30.5 Å². The molecule has 2 aromatic heterocycles. The molecule has 3 aromatic rings. The number of nitrogens with zero attached hydrogens (tertiary/aromatic N) is 5. The topological polar surface area (TPSA) is 77.8 Å². The Labute approximate surface area is 195 Å². The number of aryl methyl sites for hydroxylation is 1. The van der Waals surface area contributed by atoms with Gasteiger partial charge in [0.25, 0.3) is 5.91 Å². The third kappa shape index (κ3) is 4.93. The second-order valence-corrected chi connectivity index (χ2v) is 8.64. The van der Waals surface area contributed by atoms with Crippen LogP contribution in [0.3, 0.4) is 0 Å².